The number of nitrogens with zero attached hydrogens (tertiary/aromatic N) is 2. The number of anilines is 3. The summed E-state index contributed by atoms with van der Waals surface area (Å²) in [5.74, 6) is 0.700. The number of benzene rings is 7. The molecule has 0 saturated heterocycles. The number of hydrogen-bond acceptors (Lipinski definition) is 2. The molecule has 2 aliphatic rings. The fraction of sp³-hybridized carbons (Fsp3) is 0.130. The maximum atomic E-state index is 8.48. The molecular weight excluding hydrogens is 705 g/mol. The molecule has 7 aromatic carbocycles. The predicted molar refractivity (Wildman–Crippen MR) is 245 cm³/mol. The third-order valence-corrected chi connectivity index (χ3v) is 12.5. The molecule has 1 aromatic heterocycles. The van der Waals surface area contributed by atoms with Crippen LogP contribution in [0.2, 0.25) is 0 Å². The normalized spacial score (nSPS) is 16.3. The Morgan fingerprint density at radius 1 is 0.603 bits per heavy atom. The standard InChI is InChI=1S/C54H46N4/c1-35-15-11-14-22-49(35)58-50-32-28-40(33-46(50)51-42(36-16-7-5-8-17-36)30-31-43(52(51)58)37-18-9-6-10-19-37)57(39-25-23-38(24-26-39)53(55)56-4)41-27-29-45-44-20-12-13-21-47(44)54(2,3)48(45)34-41/h5-35,49H,1-4H3,(H2,55,56). The largest absolute Gasteiger partial charge is 0.373 e. The SMILES string of the molecule is CNC(=N)c1ccc(N(c2ccc3c(c2)C(C)(C)c2ccccc2-3)c2ccc3c(c2)c2c(-c4ccccc4)ccc(-c4ccccc4)c2n3C2C=CC=CC2C)cc1. The zero-order valence-corrected chi connectivity index (χ0v) is 33.4. The van der Waals surface area contributed by atoms with E-state index in [-0.39, 0.29) is 11.5 Å². The van der Waals surface area contributed by atoms with E-state index in [4.69, 9.17) is 5.41 Å². The molecule has 4 heteroatoms. The van der Waals surface area contributed by atoms with Crippen LogP contribution >= 0.6 is 0 Å². The summed E-state index contributed by atoms with van der Waals surface area (Å²) >= 11 is 0. The van der Waals surface area contributed by atoms with Gasteiger partial charge in [-0.25, -0.2) is 0 Å². The highest BCUT2D eigenvalue weighted by Gasteiger charge is 2.36. The molecule has 282 valence electrons. The molecule has 2 aliphatic carbocycles. The lowest BCUT2D eigenvalue weighted by molar-refractivity contribution is 0.510. The zero-order valence-electron chi connectivity index (χ0n) is 33.4. The van der Waals surface area contributed by atoms with Crippen molar-refractivity contribution in [3.63, 3.8) is 0 Å². The Kier molecular flexibility index (Phi) is 8.53. The first-order valence-corrected chi connectivity index (χ1v) is 20.3. The minimum Gasteiger partial charge on any atom is -0.373 e. The molecule has 10 rings (SSSR count). The lowest BCUT2D eigenvalue weighted by Gasteiger charge is -2.29. The van der Waals surface area contributed by atoms with Crippen LogP contribution in [0.15, 0.2) is 182 Å². The topological polar surface area (TPSA) is 44.1 Å². The Morgan fingerprint density at radius 3 is 1.91 bits per heavy atom. The second kappa shape index (κ2) is 13.9. The molecule has 0 fully saturated rings. The van der Waals surface area contributed by atoms with Gasteiger partial charge in [0.25, 0.3) is 0 Å². The fourth-order valence-corrected chi connectivity index (χ4v) is 9.55. The number of hydrogen-bond donors (Lipinski definition) is 2. The van der Waals surface area contributed by atoms with E-state index in [0.717, 1.165) is 22.6 Å². The van der Waals surface area contributed by atoms with Crippen LogP contribution in [0.5, 0.6) is 0 Å². The van der Waals surface area contributed by atoms with Gasteiger partial charge in [0.15, 0.2) is 0 Å². The Bertz CT molecular complexity index is 2930. The summed E-state index contributed by atoms with van der Waals surface area (Å²) in [6.45, 7) is 7.01. The average Bonchev–Trinajstić information content (AvgIpc) is 3.72. The van der Waals surface area contributed by atoms with Crippen LogP contribution in [0.3, 0.4) is 0 Å². The van der Waals surface area contributed by atoms with Crippen molar-refractivity contribution in [3.8, 4) is 33.4 Å². The first-order chi connectivity index (χ1) is 28.3. The van der Waals surface area contributed by atoms with E-state index < -0.39 is 0 Å². The van der Waals surface area contributed by atoms with Gasteiger partial charge in [-0.05, 0) is 99.5 Å². The molecule has 2 atom stereocenters. The van der Waals surface area contributed by atoms with Crippen molar-refractivity contribution in [1.29, 1.82) is 5.41 Å². The second-order valence-electron chi connectivity index (χ2n) is 16.2. The van der Waals surface area contributed by atoms with Gasteiger partial charge in [0.1, 0.15) is 5.84 Å². The quantitative estimate of drug-likeness (QED) is 0.126. The van der Waals surface area contributed by atoms with Gasteiger partial charge in [0.05, 0.1) is 11.6 Å². The lowest BCUT2D eigenvalue weighted by atomic mass is 9.82. The molecule has 0 saturated carbocycles. The van der Waals surface area contributed by atoms with Gasteiger partial charge >= 0.3 is 0 Å². The maximum Gasteiger partial charge on any atom is 0.125 e. The van der Waals surface area contributed by atoms with Gasteiger partial charge in [0.2, 0.25) is 0 Å². The van der Waals surface area contributed by atoms with Crippen LogP contribution in [0, 0.1) is 11.3 Å². The fourth-order valence-electron chi connectivity index (χ4n) is 9.55. The smallest absolute Gasteiger partial charge is 0.125 e. The monoisotopic (exact) mass is 750 g/mol. The summed E-state index contributed by atoms with van der Waals surface area (Å²) in [4.78, 5) is 2.39. The van der Waals surface area contributed by atoms with Crippen molar-refractivity contribution in [3.05, 3.63) is 199 Å². The maximum absolute atomic E-state index is 8.48. The molecule has 0 spiro atoms. The van der Waals surface area contributed by atoms with E-state index in [1.165, 1.54) is 66.3 Å². The first-order valence-electron chi connectivity index (χ1n) is 20.3. The Hall–Kier alpha value is -6.91. The summed E-state index contributed by atoms with van der Waals surface area (Å²) in [5.41, 5.74) is 16.5. The van der Waals surface area contributed by atoms with Crippen molar-refractivity contribution in [1.82, 2.24) is 9.88 Å². The summed E-state index contributed by atoms with van der Waals surface area (Å²) < 4.78 is 2.60. The molecule has 2 N–H and O–H groups in total. The molecule has 1 heterocycles. The van der Waals surface area contributed by atoms with Gasteiger partial charge in [-0.15, -0.1) is 0 Å². The number of aromatic nitrogens is 1. The molecule has 58 heavy (non-hydrogen) atoms. The summed E-state index contributed by atoms with van der Waals surface area (Å²) in [7, 11) is 1.80. The van der Waals surface area contributed by atoms with Crippen molar-refractivity contribution in [2.24, 2.45) is 5.92 Å². The lowest BCUT2D eigenvalue weighted by Crippen LogP contribution is -2.18. The second-order valence-corrected chi connectivity index (χ2v) is 16.2. The summed E-state index contributed by atoms with van der Waals surface area (Å²) in [6.07, 6.45) is 9.07. The van der Waals surface area contributed by atoms with Crippen LogP contribution in [-0.2, 0) is 5.41 Å². The van der Waals surface area contributed by atoms with Crippen molar-refractivity contribution >= 4 is 44.7 Å². The highest BCUT2D eigenvalue weighted by molar-refractivity contribution is 6.19. The molecule has 0 amide bonds. The van der Waals surface area contributed by atoms with Crippen molar-refractivity contribution in [2.75, 3.05) is 11.9 Å². The molecule has 0 bridgehead atoms. The third kappa shape index (κ3) is 5.62. The minimum atomic E-state index is -0.145. The van der Waals surface area contributed by atoms with E-state index in [0.29, 0.717) is 11.8 Å². The van der Waals surface area contributed by atoms with Crippen LogP contribution in [-0.4, -0.2) is 17.5 Å². The van der Waals surface area contributed by atoms with Crippen LogP contribution < -0.4 is 10.2 Å². The van der Waals surface area contributed by atoms with Crippen LogP contribution in [0.25, 0.3) is 55.2 Å². The van der Waals surface area contributed by atoms with Crippen LogP contribution in [0.1, 0.15) is 43.5 Å². The van der Waals surface area contributed by atoms with Crippen molar-refractivity contribution < 1.29 is 0 Å². The highest BCUT2D eigenvalue weighted by atomic mass is 15.1. The molecular formula is C54H46N4. The molecule has 0 aliphatic heterocycles. The number of rotatable bonds is 7. The van der Waals surface area contributed by atoms with Crippen LogP contribution in [0.4, 0.5) is 17.1 Å². The zero-order chi connectivity index (χ0) is 39.5. The number of amidine groups is 1. The third-order valence-electron chi connectivity index (χ3n) is 12.5. The van der Waals surface area contributed by atoms with E-state index in [2.05, 4.69) is 205 Å². The number of fused-ring (bicyclic) bond motifs is 6. The molecule has 0 radical (unpaired) electrons. The summed E-state index contributed by atoms with van der Waals surface area (Å²) in [5, 5.41) is 13.9. The number of nitrogens with one attached hydrogen (secondary N) is 2. The number of allylic oxidation sites excluding steroid dienone is 4. The first kappa shape index (κ1) is 35.5. The average molecular weight is 751 g/mol. The Balaban J connectivity index is 1.27. The molecule has 2 unspecified atom stereocenters. The predicted octanol–water partition coefficient (Wildman–Crippen LogP) is 13.8. The Morgan fingerprint density at radius 2 is 1.19 bits per heavy atom. The van der Waals surface area contributed by atoms with Gasteiger partial charge in [-0.2, -0.15) is 0 Å². The van der Waals surface area contributed by atoms with E-state index in [9.17, 15) is 0 Å². The van der Waals surface area contributed by atoms with Gasteiger partial charge in [-0.1, -0.05) is 148 Å². The summed E-state index contributed by atoms with van der Waals surface area (Å²) in [6, 6.07) is 57.7. The van der Waals surface area contributed by atoms with E-state index >= 15 is 0 Å². The van der Waals surface area contributed by atoms with Gasteiger partial charge in [-0.3, -0.25) is 5.41 Å². The van der Waals surface area contributed by atoms with E-state index in [1.807, 2.05) is 12.1 Å². The van der Waals surface area contributed by atoms with Gasteiger partial charge in [0, 0.05) is 56.9 Å². The molecule has 8 aromatic rings. The highest BCUT2D eigenvalue weighted by Crippen LogP contribution is 2.52. The molecule has 4 nitrogen and oxygen atoms in total. The Labute approximate surface area is 340 Å². The van der Waals surface area contributed by atoms with Gasteiger partial charge < -0.3 is 14.8 Å². The van der Waals surface area contributed by atoms with Crippen molar-refractivity contribution in [2.45, 2.75) is 32.2 Å². The van der Waals surface area contributed by atoms with E-state index in [1.54, 1.807) is 7.05 Å². The minimum absolute atomic E-state index is 0.135.